The number of hydrogen-bond donors (Lipinski definition) is 0. The van der Waals surface area contributed by atoms with Crippen molar-refractivity contribution in [2.75, 3.05) is 7.05 Å². The molecule has 0 bridgehead atoms. The molecule has 156 valence electrons. The van der Waals surface area contributed by atoms with Gasteiger partial charge >= 0.3 is 11.9 Å². The minimum atomic E-state index is -4.73. The number of hydrogen-bond acceptors (Lipinski definition) is 6. The van der Waals surface area contributed by atoms with E-state index in [1.165, 1.54) is 31.3 Å². The summed E-state index contributed by atoms with van der Waals surface area (Å²) in [5.41, 5.74) is -1.46. The van der Waals surface area contributed by atoms with Crippen molar-refractivity contribution in [2.45, 2.75) is 6.18 Å². The first kappa shape index (κ1) is 21.8. The van der Waals surface area contributed by atoms with Crippen LogP contribution in [0.25, 0.3) is 6.08 Å². The first-order valence-corrected chi connectivity index (χ1v) is 9.63. The van der Waals surface area contributed by atoms with Gasteiger partial charge in [0.05, 0.1) is 19.9 Å². The Morgan fingerprint density at radius 2 is 1.83 bits per heavy atom. The van der Waals surface area contributed by atoms with Crippen molar-refractivity contribution in [3.05, 3.63) is 67.0 Å². The average Bonchev–Trinajstić information content (AvgIpc) is 2.90. The molecule has 2 aromatic rings. The molecule has 0 atom stereocenters. The van der Waals surface area contributed by atoms with Gasteiger partial charge in [-0.25, -0.2) is 0 Å². The Bertz CT molecular complexity index is 1100. The minimum Gasteiger partial charge on any atom is -0.449 e. The third-order valence-electron chi connectivity index (χ3n) is 3.94. The number of ether oxygens (including phenoxy) is 1. The number of alkyl halides is 3. The molecular formula is C18H10BrF3N2O5S. The van der Waals surface area contributed by atoms with Crippen LogP contribution in [0.5, 0.6) is 11.5 Å². The van der Waals surface area contributed by atoms with Gasteiger partial charge in [0.25, 0.3) is 11.1 Å². The van der Waals surface area contributed by atoms with E-state index in [0.717, 1.165) is 22.7 Å². The second-order valence-corrected chi connectivity index (χ2v) is 7.82. The molecule has 0 aromatic heterocycles. The Hall–Kier alpha value is -2.86. The van der Waals surface area contributed by atoms with E-state index in [-0.39, 0.29) is 16.4 Å². The van der Waals surface area contributed by atoms with E-state index < -0.39 is 33.5 Å². The summed E-state index contributed by atoms with van der Waals surface area (Å²) in [7, 11) is 1.36. The molecule has 0 N–H and O–H groups in total. The standard InChI is InChI=1S/C18H10BrF3N2O5S/c1-23-16(25)15(30-17(23)26)7-9-2-4-13(11(19)6-9)29-14-5-3-10(18(20,21)22)8-12(14)24(27)28/h2-8H,1H3/b15-7+. The normalized spacial score (nSPS) is 15.8. The van der Waals surface area contributed by atoms with Gasteiger partial charge in [0.2, 0.25) is 5.75 Å². The van der Waals surface area contributed by atoms with Crippen LogP contribution in [-0.2, 0) is 11.0 Å². The molecule has 7 nitrogen and oxygen atoms in total. The topological polar surface area (TPSA) is 89.8 Å². The fourth-order valence-corrected chi connectivity index (χ4v) is 3.73. The van der Waals surface area contributed by atoms with E-state index in [1.54, 1.807) is 0 Å². The van der Waals surface area contributed by atoms with Crippen molar-refractivity contribution < 1.29 is 32.4 Å². The van der Waals surface area contributed by atoms with Crippen molar-refractivity contribution in [1.82, 2.24) is 4.90 Å². The summed E-state index contributed by atoms with van der Waals surface area (Å²) < 4.78 is 44.2. The molecular weight excluding hydrogens is 493 g/mol. The average molecular weight is 503 g/mol. The summed E-state index contributed by atoms with van der Waals surface area (Å²) in [6, 6.07) is 6.45. The van der Waals surface area contributed by atoms with Gasteiger partial charge < -0.3 is 4.74 Å². The van der Waals surface area contributed by atoms with Crippen molar-refractivity contribution in [1.29, 1.82) is 0 Å². The van der Waals surface area contributed by atoms with Crippen LogP contribution >= 0.6 is 27.7 Å². The van der Waals surface area contributed by atoms with Gasteiger partial charge in [-0.2, -0.15) is 13.2 Å². The highest BCUT2D eigenvalue weighted by Gasteiger charge is 2.34. The molecule has 0 saturated carbocycles. The van der Waals surface area contributed by atoms with Crippen LogP contribution in [0.3, 0.4) is 0 Å². The van der Waals surface area contributed by atoms with Crippen LogP contribution in [0.15, 0.2) is 45.8 Å². The number of amides is 2. The summed E-state index contributed by atoms with van der Waals surface area (Å²) in [5.74, 6) is -0.700. The fraction of sp³-hybridized carbons (Fsp3) is 0.111. The smallest absolute Gasteiger partial charge is 0.416 e. The van der Waals surface area contributed by atoms with E-state index in [0.29, 0.717) is 22.2 Å². The molecule has 0 radical (unpaired) electrons. The zero-order valence-corrected chi connectivity index (χ0v) is 17.3. The molecule has 3 rings (SSSR count). The highest BCUT2D eigenvalue weighted by atomic mass is 79.9. The fourth-order valence-electron chi connectivity index (χ4n) is 2.43. The Balaban J connectivity index is 1.89. The number of nitro benzene ring substituents is 1. The Labute approximate surface area is 179 Å². The molecule has 0 aliphatic carbocycles. The lowest BCUT2D eigenvalue weighted by Crippen LogP contribution is -2.22. The van der Waals surface area contributed by atoms with Crippen LogP contribution in [0, 0.1) is 10.1 Å². The lowest BCUT2D eigenvalue weighted by Gasteiger charge is -2.11. The van der Waals surface area contributed by atoms with Crippen LogP contribution in [0.4, 0.5) is 23.7 Å². The number of carbonyl (C=O) groups excluding carboxylic acids is 2. The van der Waals surface area contributed by atoms with Crippen molar-refractivity contribution in [2.24, 2.45) is 0 Å². The minimum absolute atomic E-state index is 0.110. The third-order valence-corrected chi connectivity index (χ3v) is 5.52. The Morgan fingerprint density at radius 3 is 2.37 bits per heavy atom. The molecule has 1 saturated heterocycles. The van der Waals surface area contributed by atoms with Crippen molar-refractivity contribution in [3.8, 4) is 11.5 Å². The number of benzene rings is 2. The first-order valence-electron chi connectivity index (χ1n) is 8.02. The lowest BCUT2D eigenvalue weighted by atomic mass is 10.1. The van der Waals surface area contributed by atoms with E-state index >= 15 is 0 Å². The lowest BCUT2D eigenvalue weighted by molar-refractivity contribution is -0.385. The maximum atomic E-state index is 12.8. The molecule has 30 heavy (non-hydrogen) atoms. The summed E-state index contributed by atoms with van der Waals surface area (Å²) >= 11 is 4.01. The quantitative estimate of drug-likeness (QED) is 0.296. The summed E-state index contributed by atoms with van der Waals surface area (Å²) in [6.45, 7) is 0. The largest absolute Gasteiger partial charge is 0.449 e. The van der Waals surface area contributed by atoms with Crippen LogP contribution in [0.1, 0.15) is 11.1 Å². The van der Waals surface area contributed by atoms with Crippen LogP contribution in [-0.4, -0.2) is 28.0 Å². The number of nitrogens with zero attached hydrogens (tertiary/aromatic N) is 2. The number of nitro groups is 1. The van der Waals surface area contributed by atoms with Gasteiger partial charge in [-0.1, -0.05) is 6.07 Å². The number of halogens is 4. The van der Waals surface area contributed by atoms with Crippen molar-refractivity contribution in [3.63, 3.8) is 0 Å². The summed E-state index contributed by atoms with van der Waals surface area (Å²) in [4.78, 5) is 34.9. The molecule has 12 heteroatoms. The molecule has 0 unspecified atom stereocenters. The van der Waals surface area contributed by atoms with Crippen molar-refractivity contribution >= 4 is 50.6 Å². The summed E-state index contributed by atoms with van der Waals surface area (Å²) in [5, 5.41) is 10.8. The molecule has 1 heterocycles. The molecule has 0 spiro atoms. The number of likely N-dealkylation sites (N-methyl/N-ethyl adjacent to an activating group) is 1. The van der Waals surface area contributed by atoms with E-state index in [4.69, 9.17) is 4.74 Å². The van der Waals surface area contributed by atoms with Gasteiger partial charge in [0.15, 0.2) is 0 Å². The Kier molecular flexibility index (Phi) is 5.90. The van der Waals surface area contributed by atoms with E-state index in [9.17, 15) is 32.9 Å². The Morgan fingerprint density at radius 1 is 1.17 bits per heavy atom. The highest BCUT2D eigenvalue weighted by molar-refractivity contribution is 9.10. The number of thioether (sulfide) groups is 1. The SMILES string of the molecule is CN1C(=O)S/C(=C/c2ccc(Oc3ccc(C(F)(F)F)cc3[N+](=O)[O-])c(Br)c2)C1=O. The van der Waals surface area contributed by atoms with Gasteiger partial charge in [-0.05, 0) is 63.6 Å². The molecule has 2 aromatic carbocycles. The highest BCUT2D eigenvalue weighted by Crippen LogP contribution is 2.40. The predicted molar refractivity (Wildman–Crippen MR) is 106 cm³/mol. The first-order chi connectivity index (χ1) is 14.0. The van der Waals surface area contributed by atoms with Crippen LogP contribution < -0.4 is 4.74 Å². The molecule has 1 aliphatic heterocycles. The molecule has 1 fully saturated rings. The van der Waals surface area contributed by atoms with Gasteiger partial charge in [-0.3, -0.25) is 24.6 Å². The third kappa shape index (κ3) is 4.49. The van der Waals surface area contributed by atoms with Gasteiger partial charge in [0.1, 0.15) is 5.75 Å². The maximum Gasteiger partial charge on any atom is 0.416 e. The molecule has 2 amide bonds. The van der Waals surface area contributed by atoms with E-state index in [1.807, 2.05) is 0 Å². The number of carbonyl (C=O) groups is 2. The summed E-state index contributed by atoms with van der Waals surface area (Å²) in [6.07, 6.45) is -3.24. The number of imide groups is 1. The monoisotopic (exact) mass is 502 g/mol. The predicted octanol–water partition coefficient (Wildman–Crippen LogP) is 5.83. The van der Waals surface area contributed by atoms with Gasteiger partial charge in [-0.15, -0.1) is 0 Å². The maximum absolute atomic E-state index is 12.8. The van der Waals surface area contributed by atoms with Crippen LogP contribution in [0.2, 0.25) is 0 Å². The van der Waals surface area contributed by atoms with E-state index in [2.05, 4.69) is 15.9 Å². The zero-order chi connectivity index (χ0) is 22.2. The number of rotatable bonds is 4. The second-order valence-electron chi connectivity index (χ2n) is 5.97. The molecule has 1 aliphatic rings. The zero-order valence-electron chi connectivity index (χ0n) is 14.9. The van der Waals surface area contributed by atoms with Gasteiger partial charge in [0, 0.05) is 13.1 Å². The second kappa shape index (κ2) is 8.11.